The van der Waals surface area contributed by atoms with E-state index in [1.165, 1.54) is 5.56 Å². The zero-order chi connectivity index (χ0) is 18.6. The van der Waals surface area contributed by atoms with Crippen LogP contribution in [0.4, 0.5) is 0 Å². The predicted octanol–water partition coefficient (Wildman–Crippen LogP) is 2.04. The number of nitrogens with one attached hydrogen (secondary N) is 1. The van der Waals surface area contributed by atoms with Gasteiger partial charge < -0.3 is 15.0 Å². The van der Waals surface area contributed by atoms with Gasteiger partial charge in [-0.05, 0) is 42.0 Å². The number of aromatic nitrogens is 1. The molecule has 0 bridgehead atoms. The summed E-state index contributed by atoms with van der Waals surface area (Å²) in [5.41, 5.74) is 2.16. The van der Waals surface area contributed by atoms with Gasteiger partial charge in [-0.15, -0.1) is 0 Å². The summed E-state index contributed by atoms with van der Waals surface area (Å²) in [6.45, 7) is 1.31. The van der Waals surface area contributed by atoms with Gasteiger partial charge in [-0.2, -0.15) is 0 Å². The number of hydrogen-bond donors (Lipinski definition) is 1. The summed E-state index contributed by atoms with van der Waals surface area (Å²) in [4.78, 5) is 30.9. The molecular weight excluding hydrogens is 342 g/mol. The maximum absolute atomic E-state index is 13.1. The van der Waals surface area contributed by atoms with E-state index in [0.29, 0.717) is 19.0 Å². The Morgan fingerprint density at radius 2 is 1.74 bits per heavy atom. The molecule has 2 fully saturated rings. The minimum atomic E-state index is -0.678. The van der Waals surface area contributed by atoms with Gasteiger partial charge in [-0.3, -0.25) is 14.6 Å². The number of amides is 2. The fraction of sp³-hybridized carbons (Fsp3) is 0.381. The van der Waals surface area contributed by atoms with Gasteiger partial charge in [0, 0.05) is 25.5 Å². The summed E-state index contributed by atoms with van der Waals surface area (Å²) in [6.07, 6.45) is 4.80. The first-order valence-corrected chi connectivity index (χ1v) is 9.37. The van der Waals surface area contributed by atoms with Crippen LogP contribution < -0.4 is 5.32 Å². The molecule has 2 unspecified atom stereocenters. The Bertz CT molecular complexity index is 789. The second-order valence-corrected chi connectivity index (χ2v) is 7.07. The van der Waals surface area contributed by atoms with Crippen molar-refractivity contribution in [1.29, 1.82) is 0 Å². The van der Waals surface area contributed by atoms with Gasteiger partial charge in [0.15, 0.2) is 6.10 Å². The Kier molecular flexibility index (Phi) is 5.16. The largest absolute Gasteiger partial charge is 0.356 e. The fourth-order valence-corrected chi connectivity index (χ4v) is 3.93. The molecule has 1 N–H and O–H groups in total. The lowest BCUT2D eigenvalue weighted by Gasteiger charge is -2.38. The Morgan fingerprint density at radius 1 is 1.04 bits per heavy atom. The third-order valence-corrected chi connectivity index (χ3v) is 5.40. The molecule has 0 radical (unpaired) electrons. The Labute approximate surface area is 158 Å². The molecule has 6 nitrogen and oxygen atoms in total. The van der Waals surface area contributed by atoms with Crippen molar-refractivity contribution in [2.24, 2.45) is 0 Å². The molecule has 27 heavy (non-hydrogen) atoms. The lowest BCUT2D eigenvalue weighted by molar-refractivity contribution is -0.156. The molecule has 0 aliphatic carbocycles. The SMILES string of the molecule is O=C1COC(C(=O)N2CCC(c3ccncc3)CC2)C(c2ccccc2)N1. The maximum Gasteiger partial charge on any atom is 0.254 e. The lowest BCUT2D eigenvalue weighted by atomic mass is 9.89. The highest BCUT2D eigenvalue weighted by Gasteiger charge is 2.39. The molecule has 1 aromatic carbocycles. The molecule has 2 aliphatic heterocycles. The van der Waals surface area contributed by atoms with E-state index in [-0.39, 0.29) is 18.4 Å². The van der Waals surface area contributed by atoms with Gasteiger partial charge in [-0.25, -0.2) is 0 Å². The van der Waals surface area contributed by atoms with Crippen LogP contribution in [-0.2, 0) is 14.3 Å². The van der Waals surface area contributed by atoms with Crippen molar-refractivity contribution in [1.82, 2.24) is 15.2 Å². The van der Waals surface area contributed by atoms with Crippen LogP contribution in [0, 0.1) is 0 Å². The van der Waals surface area contributed by atoms with Crippen LogP contribution in [-0.4, -0.2) is 47.5 Å². The van der Waals surface area contributed by atoms with Crippen molar-refractivity contribution in [3.05, 3.63) is 66.0 Å². The van der Waals surface area contributed by atoms with Gasteiger partial charge in [-0.1, -0.05) is 30.3 Å². The van der Waals surface area contributed by atoms with Crippen LogP contribution in [0.15, 0.2) is 54.9 Å². The van der Waals surface area contributed by atoms with E-state index in [0.717, 1.165) is 18.4 Å². The van der Waals surface area contributed by atoms with E-state index < -0.39 is 12.1 Å². The number of ether oxygens (including phenoxy) is 1. The highest BCUT2D eigenvalue weighted by molar-refractivity contribution is 5.86. The first-order valence-electron chi connectivity index (χ1n) is 9.37. The second-order valence-electron chi connectivity index (χ2n) is 7.07. The zero-order valence-electron chi connectivity index (χ0n) is 15.1. The first-order chi connectivity index (χ1) is 13.2. The molecule has 0 saturated carbocycles. The number of morpholine rings is 1. The smallest absolute Gasteiger partial charge is 0.254 e. The van der Waals surface area contributed by atoms with Gasteiger partial charge >= 0.3 is 0 Å². The van der Waals surface area contributed by atoms with Crippen LogP contribution in [0.5, 0.6) is 0 Å². The lowest BCUT2D eigenvalue weighted by Crippen LogP contribution is -2.54. The summed E-state index contributed by atoms with van der Waals surface area (Å²) in [5.74, 6) is 0.218. The van der Waals surface area contributed by atoms with Crippen LogP contribution in [0.2, 0.25) is 0 Å². The monoisotopic (exact) mass is 365 g/mol. The second kappa shape index (κ2) is 7.88. The number of carbonyl (C=O) groups excluding carboxylic acids is 2. The maximum atomic E-state index is 13.1. The minimum absolute atomic E-state index is 0.0444. The third-order valence-electron chi connectivity index (χ3n) is 5.40. The number of likely N-dealkylation sites (tertiary alicyclic amines) is 1. The van der Waals surface area contributed by atoms with E-state index >= 15 is 0 Å². The summed E-state index contributed by atoms with van der Waals surface area (Å²) in [7, 11) is 0. The number of rotatable bonds is 3. The van der Waals surface area contributed by atoms with Crippen molar-refractivity contribution < 1.29 is 14.3 Å². The van der Waals surface area contributed by atoms with E-state index in [1.807, 2.05) is 59.8 Å². The summed E-state index contributed by atoms with van der Waals surface area (Å²) in [6, 6.07) is 13.2. The number of benzene rings is 1. The topological polar surface area (TPSA) is 71.5 Å². The average Bonchev–Trinajstić information content (AvgIpc) is 2.74. The minimum Gasteiger partial charge on any atom is -0.356 e. The zero-order valence-corrected chi connectivity index (χ0v) is 15.1. The molecule has 2 aliphatic rings. The number of carbonyl (C=O) groups is 2. The molecule has 4 rings (SSSR count). The summed E-state index contributed by atoms with van der Waals surface area (Å²) in [5, 5.41) is 2.92. The summed E-state index contributed by atoms with van der Waals surface area (Å²) < 4.78 is 5.67. The third kappa shape index (κ3) is 3.85. The normalized spacial score (nSPS) is 23.7. The van der Waals surface area contributed by atoms with Crippen LogP contribution in [0.3, 0.4) is 0 Å². The molecule has 0 spiro atoms. The molecule has 3 heterocycles. The molecule has 2 saturated heterocycles. The van der Waals surface area contributed by atoms with Gasteiger partial charge in [0.2, 0.25) is 5.91 Å². The summed E-state index contributed by atoms with van der Waals surface area (Å²) >= 11 is 0. The van der Waals surface area contributed by atoms with Crippen LogP contribution in [0.25, 0.3) is 0 Å². The molecule has 1 aromatic heterocycles. The van der Waals surface area contributed by atoms with Crippen molar-refractivity contribution in [3.8, 4) is 0 Å². The van der Waals surface area contributed by atoms with Gasteiger partial charge in [0.25, 0.3) is 5.91 Å². The van der Waals surface area contributed by atoms with E-state index in [1.54, 1.807) is 0 Å². The highest BCUT2D eigenvalue weighted by Crippen LogP contribution is 2.30. The molecule has 2 aromatic rings. The van der Waals surface area contributed by atoms with E-state index in [4.69, 9.17) is 4.74 Å². The quantitative estimate of drug-likeness (QED) is 0.904. The number of nitrogens with zero attached hydrogens (tertiary/aromatic N) is 2. The molecule has 2 atom stereocenters. The van der Waals surface area contributed by atoms with Crippen LogP contribution >= 0.6 is 0 Å². The molecule has 2 amide bonds. The predicted molar refractivity (Wildman–Crippen MR) is 99.9 cm³/mol. The Morgan fingerprint density at radius 3 is 2.44 bits per heavy atom. The molecule has 140 valence electrons. The number of hydrogen-bond acceptors (Lipinski definition) is 4. The van der Waals surface area contributed by atoms with E-state index in [2.05, 4.69) is 10.3 Å². The van der Waals surface area contributed by atoms with E-state index in [9.17, 15) is 9.59 Å². The van der Waals surface area contributed by atoms with Gasteiger partial charge in [0.05, 0.1) is 6.04 Å². The average molecular weight is 365 g/mol. The Hall–Kier alpha value is -2.73. The van der Waals surface area contributed by atoms with Crippen molar-refractivity contribution in [2.45, 2.75) is 30.9 Å². The first kappa shape index (κ1) is 17.7. The standard InChI is InChI=1S/C21H23N3O3/c25-18-14-27-20(19(23-18)17-4-2-1-3-5-17)21(26)24-12-8-16(9-13-24)15-6-10-22-11-7-15/h1-7,10-11,16,19-20H,8-9,12-14H2,(H,23,25). The van der Waals surface area contributed by atoms with Crippen molar-refractivity contribution >= 4 is 11.8 Å². The Balaban J connectivity index is 1.44. The highest BCUT2D eigenvalue weighted by atomic mass is 16.5. The fourth-order valence-electron chi connectivity index (χ4n) is 3.93. The van der Waals surface area contributed by atoms with Gasteiger partial charge in [0.1, 0.15) is 6.61 Å². The van der Waals surface area contributed by atoms with Crippen LogP contribution in [0.1, 0.15) is 35.9 Å². The van der Waals surface area contributed by atoms with Crippen molar-refractivity contribution in [2.75, 3.05) is 19.7 Å². The molecule has 6 heteroatoms. The molecular formula is C21H23N3O3. The number of piperidine rings is 1. The number of pyridine rings is 1. The van der Waals surface area contributed by atoms with Crippen molar-refractivity contribution in [3.63, 3.8) is 0 Å².